The van der Waals surface area contributed by atoms with E-state index in [1.165, 1.54) is 32.1 Å². The van der Waals surface area contributed by atoms with Crippen LogP contribution in [0.1, 0.15) is 38.5 Å². The van der Waals surface area contributed by atoms with Crippen molar-refractivity contribution in [2.24, 2.45) is 5.92 Å². The van der Waals surface area contributed by atoms with Gasteiger partial charge < -0.3 is 4.90 Å². The van der Waals surface area contributed by atoms with Crippen molar-refractivity contribution in [1.29, 1.82) is 0 Å². The fourth-order valence-electron chi connectivity index (χ4n) is 3.36. The molecule has 0 aromatic heterocycles. The van der Waals surface area contributed by atoms with E-state index in [-0.39, 0.29) is 0 Å². The van der Waals surface area contributed by atoms with E-state index in [1.807, 2.05) is 6.20 Å². The van der Waals surface area contributed by atoms with Crippen LogP contribution in [0.5, 0.6) is 0 Å². The molecule has 0 aromatic carbocycles. The maximum absolute atomic E-state index is 11.8. The van der Waals surface area contributed by atoms with E-state index in [0.717, 1.165) is 18.9 Å². The molecule has 0 spiro atoms. The first-order valence-electron chi connectivity index (χ1n) is 8.10. The first-order chi connectivity index (χ1) is 9.46. The fraction of sp³-hybridized carbons (Fsp3) is 0.706. The van der Waals surface area contributed by atoms with E-state index in [2.05, 4.69) is 36.3 Å². The van der Waals surface area contributed by atoms with Gasteiger partial charge in [0.15, 0.2) is 5.78 Å². The molecule has 0 saturated heterocycles. The van der Waals surface area contributed by atoms with Crippen LogP contribution in [0.3, 0.4) is 0 Å². The molecule has 1 heterocycles. The number of hydrogen-bond donors (Lipinski definition) is 0. The molecule has 0 amide bonds. The second kappa shape index (κ2) is 6.75. The molecule has 2 rings (SSSR count). The van der Waals surface area contributed by atoms with Crippen LogP contribution in [0.4, 0.5) is 0 Å². The smallest absolute Gasteiger partial charge is 0.159 e. The lowest BCUT2D eigenvalue weighted by Crippen LogP contribution is -2.42. The van der Waals surface area contributed by atoms with Crippen LogP contribution in [-0.2, 0) is 4.79 Å². The normalized spacial score (nSPS) is 25.6. The van der Waals surface area contributed by atoms with Gasteiger partial charge in [0.1, 0.15) is 0 Å². The van der Waals surface area contributed by atoms with Gasteiger partial charge in [-0.15, -0.1) is 0 Å². The van der Waals surface area contributed by atoms with Gasteiger partial charge in [-0.3, -0.25) is 4.79 Å². The highest BCUT2D eigenvalue weighted by Crippen LogP contribution is 2.32. The summed E-state index contributed by atoms with van der Waals surface area (Å²) in [5, 5.41) is 0. The summed E-state index contributed by atoms with van der Waals surface area (Å²) in [5.41, 5.74) is 2.41. The van der Waals surface area contributed by atoms with Gasteiger partial charge in [-0.2, -0.15) is 0 Å². The van der Waals surface area contributed by atoms with E-state index in [0.29, 0.717) is 11.8 Å². The fourth-order valence-corrected chi connectivity index (χ4v) is 4.17. The average molecular weight is 292 g/mol. The Morgan fingerprint density at radius 1 is 1.25 bits per heavy atom. The Balaban J connectivity index is 2.01. The predicted octanol–water partition coefficient (Wildman–Crippen LogP) is 4.16. The second-order valence-electron chi connectivity index (χ2n) is 7.42. The first-order valence-corrected chi connectivity index (χ1v) is 11.7. The lowest BCUT2D eigenvalue weighted by atomic mass is 9.80. The number of carbonyl (C=O) groups excluding carboxylic acids is 1. The Morgan fingerprint density at radius 2 is 1.95 bits per heavy atom. The van der Waals surface area contributed by atoms with Gasteiger partial charge >= 0.3 is 0 Å². The summed E-state index contributed by atoms with van der Waals surface area (Å²) in [6, 6.07) is 0.444. The third-order valence-corrected chi connectivity index (χ3v) is 5.65. The van der Waals surface area contributed by atoms with Crippen molar-refractivity contribution < 1.29 is 4.79 Å². The number of nitrogens with zero attached hydrogens (tertiary/aromatic N) is 1. The molecule has 0 aromatic rings. The highest BCUT2D eigenvalue weighted by Gasteiger charge is 2.30. The van der Waals surface area contributed by atoms with Crippen molar-refractivity contribution in [1.82, 2.24) is 4.90 Å². The minimum absolute atomic E-state index is 0.311. The molecule has 3 heteroatoms. The zero-order chi connectivity index (χ0) is 14.6. The molecule has 0 N–H and O–H groups in total. The number of allylic oxidation sites excluding steroid dienone is 1. The van der Waals surface area contributed by atoms with Crippen LogP contribution in [0.15, 0.2) is 24.1 Å². The third kappa shape index (κ3) is 4.62. The third-order valence-electron chi connectivity index (χ3n) is 4.42. The van der Waals surface area contributed by atoms with Gasteiger partial charge in [-0.1, -0.05) is 50.7 Å². The van der Waals surface area contributed by atoms with Crippen LogP contribution >= 0.6 is 0 Å². The molecule has 0 bridgehead atoms. The van der Waals surface area contributed by atoms with E-state index in [9.17, 15) is 4.79 Å². The van der Waals surface area contributed by atoms with Crippen molar-refractivity contribution in [3.8, 4) is 0 Å². The van der Waals surface area contributed by atoms with E-state index in [1.54, 1.807) is 6.08 Å². The Hall–Kier alpha value is -0.833. The molecule has 2 aliphatic rings. The first kappa shape index (κ1) is 15.6. The summed E-state index contributed by atoms with van der Waals surface area (Å²) < 4.78 is 0. The van der Waals surface area contributed by atoms with Gasteiger partial charge in [0.2, 0.25) is 0 Å². The quantitative estimate of drug-likeness (QED) is 0.725. The molecule has 0 radical (unpaired) electrons. The second-order valence-corrected chi connectivity index (χ2v) is 12.5. The summed E-state index contributed by atoms with van der Waals surface area (Å²) in [5.74, 6) is 1.03. The topological polar surface area (TPSA) is 20.3 Å². The Morgan fingerprint density at radius 3 is 2.60 bits per heavy atom. The Kier molecular flexibility index (Phi) is 5.25. The molecule has 1 unspecified atom stereocenters. The SMILES string of the molecule is C[Si](C)(C)/C=C/CN1C=CC(=O)CC1C1CCCCC1. The molecular formula is C17H29NOSi. The zero-order valence-electron chi connectivity index (χ0n) is 13.3. The summed E-state index contributed by atoms with van der Waals surface area (Å²) in [6.07, 6.45) is 13.5. The molecule has 1 aliphatic heterocycles. The molecule has 112 valence electrons. The van der Waals surface area contributed by atoms with Gasteiger partial charge in [0.25, 0.3) is 0 Å². The van der Waals surface area contributed by atoms with Crippen molar-refractivity contribution in [3.05, 3.63) is 24.1 Å². The van der Waals surface area contributed by atoms with E-state index < -0.39 is 8.07 Å². The average Bonchev–Trinajstić information content (AvgIpc) is 2.40. The van der Waals surface area contributed by atoms with Crippen molar-refractivity contribution >= 4 is 13.9 Å². The lowest BCUT2D eigenvalue weighted by Gasteiger charge is -2.39. The lowest BCUT2D eigenvalue weighted by molar-refractivity contribution is -0.117. The van der Waals surface area contributed by atoms with Crippen LogP contribution in [0.25, 0.3) is 0 Å². The van der Waals surface area contributed by atoms with E-state index >= 15 is 0 Å². The molecule has 1 saturated carbocycles. The maximum Gasteiger partial charge on any atom is 0.159 e. The molecular weight excluding hydrogens is 262 g/mol. The maximum atomic E-state index is 11.8. The summed E-state index contributed by atoms with van der Waals surface area (Å²) in [7, 11) is -1.12. The monoisotopic (exact) mass is 291 g/mol. The molecule has 1 atom stereocenters. The molecule has 1 fully saturated rings. The number of rotatable bonds is 4. The van der Waals surface area contributed by atoms with Crippen LogP contribution in [0.2, 0.25) is 19.6 Å². The Bertz CT molecular complexity index is 388. The molecule has 20 heavy (non-hydrogen) atoms. The minimum Gasteiger partial charge on any atom is -0.370 e. The highest BCUT2D eigenvalue weighted by atomic mass is 28.3. The van der Waals surface area contributed by atoms with E-state index in [4.69, 9.17) is 0 Å². The predicted molar refractivity (Wildman–Crippen MR) is 88.3 cm³/mol. The number of hydrogen-bond acceptors (Lipinski definition) is 2. The van der Waals surface area contributed by atoms with Crippen LogP contribution < -0.4 is 0 Å². The van der Waals surface area contributed by atoms with Gasteiger partial charge in [0.05, 0.1) is 8.07 Å². The molecule has 2 nitrogen and oxygen atoms in total. The summed E-state index contributed by atoms with van der Waals surface area (Å²) in [4.78, 5) is 14.2. The number of ketones is 1. The minimum atomic E-state index is -1.12. The standard InChI is InChI=1S/C17H29NOSi/c1-20(2,3)13-7-11-18-12-10-16(19)14-17(18)15-8-5-4-6-9-15/h7,10,12-13,15,17H,4-6,8-9,11,14H2,1-3H3/b13-7+. The van der Waals surface area contributed by atoms with Gasteiger partial charge in [0, 0.05) is 25.2 Å². The van der Waals surface area contributed by atoms with Crippen LogP contribution in [0, 0.1) is 5.92 Å². The van der Waals surface area contributed by atoms with Crippen molar-refractivity contribution in [3.63, 3.8) is 0 Å². The number of carbonyl (C=O) groups is 1. The summed E-state index contributed by atoms with van der Waals surface area (Å²) >= 11 is 0. The largest absolute Gasteiger partial charge is 0.370 e. The van der Waals surface area contributed by atoms with Gasteiger partial charge in [-0.25, -0.2) is 0 Å². The Labute approximate surface area is 124 Å². The van der Waals surface area contributed by atoms with Gasteiger partial charge in [-0.05, 0) is 24.8 Å². The van der Waals surface area contributed by atoms with Crippen LogP contribution in [-0.4, -0.2) is 31.3 Å². The zero-order valence-corrected chi connectivity index (χ0v) is 14.3. The van der Waals surface area contributed by atoms with Crippen molar-refractivity contribution in [2.75, 3.05) is 6.54 Å². The molecule has 1 aliphatic carbocycles. The summed E-state index contributed by atoms with van der Waals surface area (Å²) in [6.45, 7) is 8.04. The highest BCUT2D eigenvalue weighted by molar-refractivity contribution is 6.80. The van der Waals surface area contributed by atoms with Crippen molar-refractivity contribution in [2.45, 2.75) is 64.2 Å².